The molecule has 2 aromatic carbocycles. The van der Waals surface area contributed by atoms with Crippen molar-refractivity contribution in [2.24, 2.45) is 5.92 Å². The van der Waals surface area contributed by atoms with E-state index in [4.69, 9.17) is 18.9 Å². The normalized spacial score (nSPS) is 18.5. The minimum absolute atomic E-state index is 0.0978. The lowest BCUT2D eigenvalue weighted by atomic mass is 10.0. The maximum Gasteiger partial charge on any atom is 0.227 e. The Bertz CT molecular complexity index is 992. The van der Waals surface area contributed by atoms with Gasteiger partial charge in [-0.15, -0.1) is 0 Å². The number of nitrogens with one attached hydrogen (secondary N) is 1. The van der Waals surface area contributed by atoms with E-state index in [1.165, 1.54) is 0 Å². The molecular formula is C23H26N2O6. The van der Waals surface area contributed by atoms with E-state index in [0.29, 0.717) is 48.4 Å². The van der Waals surface area contributed by atoms with Crippen LogP contribution in [-0.2, 0) is 9.59 Å². The molecule has 1 fully saturated rings. The average molecular weight is 426 g/mol. The van der Waals surface area contributed by atoms with E-state index in [1.54, 1.807) is 37.3 Å². The van der Waals surface area contributed by atoms with Crippen LogP contribution in [0.25, 0.3) is 0 Å². The number of amides is 2. The number of benzene rings is 2. The number of hydrogen-bond donors (Lipinski definition) is 1. The molecule has 8 nitrogen and oxygen atoms in total. The summed E-state index contributed by atoms with van der Waals surface area (Å²) in [4.78, 5) is 27.1. The average Bonchev–Trinajstić information content (AvgIpc) is 3.19. The van der Waals surface area contributed by atoms with Crippen LogP contribution in [0.3, 0.4) is 0 Å². The Kier molecular flexibility index (Phi) is 5.88. The Morgan fingerprint density at radius 2 is 1.81 bits per heavy atom. The van der Waals surface area contributed by atoms with Crippen molar-refractivity contribution in [2.45, 2.75) is 19.4 Å². The topological polar surface area (TPSA) is 86.3 Å². The number of carbonyl (C=O) groups excluding carboxylic acids is 2. The number of methoxy groups -OCH3 is 2. The highest BCUT2D eigenvalue weighted by Gasteiger charge is 2.36. The summed E-state index contributed by atoms with van der Waals surface area (Å²) in [6.07, 6.45) is 0.161. The Balaban J connectivity index is 1.42. The molecule has 2 aliphatic heterocycles. The second-order valence-electron chi connectivity index (χ2n) is 7.58. The van der Waals surface area contributed by atoms with E-state index in [9.17, 15) is 9.59 Å². The highest BCUT2D eigenvalue weighted by Crippen LogP contribution is 2.35. The van der Waals surface area contributed by atoms with Crippen LogP contribution in [0.15, 0.2) is 36.4 Å². The van der Waals surface area contributed by atoms with Crippen LogP contribution in [0.4, 0.5) is 5.69 Å². The molecule has 1 N–H and O–H groups in total. The predicted octanol–water partition coefficient (Wildman–Crippen LogP) is 2.71. The largest absolute Gasteiger partial charge is 0.493 e. The van der Waals surface area contributed by atoms with E-state index in [1.807, 2.05) is 25.1 Å². The van der Waals surface area contributed by atoms with Crippen molar-refractivity contribution in [2.75, 3.05) is 38.9 Å². The van der Waals surface area contributed by atoms with Crippen LogP contribution >= 0.6 is 0 Å². The van der Waals surface area contributed by atoms with Crippen LogP contribution in [0, 0.1) is 5.92 Å². The quantitative estimate of drug-likeness (QED) is 0.764. The molecule has 1 saturated heterocycles. The SMILES string of the molecule is COc1ccc(N2CC(C(=O)NC(C)c3ccc4c(c3)OCCO4)CC2=O)cc1OC. The molecule has 164 valence electrons. The lowest BCUT2D eigenvalue weighted by Crippen LogP contribution is -2.34. The summed E-state index contributed by atoms with van der Waals surface area (Å²) in [6, 6.07) is 10.7. The van der Waals surface area contributed by atoms with Crippen molar-refractivity contribution in [1.29, 1.82) is 0 Å². The monoisotopic (exact) mass is 426 g/mol. The van der Waals surface area contributed by atoms with Gasteiger partial charge in [0.05, 0.1) is 26.2 Å². The first kappa shape index (κ1) is 20.8. The molecule has 0 bridgehead atoms. The Labute approximate surface area is 181 Å². The van der Waals surface area contributed by atoms with E-state index in [-0.39, 0.29) is 24.3 Å². The maximum absolute atomic E-state index is 12.9. The third-order valence-electron chi connectivity index (χ3n) is 5.60. The molecule has 0 aliphatic carbocycles. The number of carbonyl (C=O) groups is 2. The summed E-state index contributed by atoms with van der Waals surface area (Å²) in [6.45, 7) is 3.26. The van der Waals surface area contributed by atoms with Crippen molar-refractivity contribution >= 4 is 17.5 Å². The van der Waals surface area contributed by atoms with Gasteiger partial charge in [-0.2, -0.15) is 0 Å². The summed E-state index contributed by atoms with van der Waals surface area (Å²) in [7, 11) is 3.10. The van der Waals surface area contributed by atoms with Crippen molar-refractivity contribution in [3.8, 4) is 23.0 Å². The molecule has 0 aromatic heterocycles. The predicted molar refractivity (Wildman–Crippen MR) is 114 cm³/mol. The fraction of sp³-hybridized carbons (Fsp3) is 0.391. The molecule has 0 radical (unpaired) electrons. The first-order valence-corrected chi connectivity index (χ1v) is 10.2. The van der Waals surface area contributed by atoms with Crippen LogP contribution in [-0.4, -0.2) is 45.8 Å². The number of anilines is 1. The Hall–Kier alpha value is -3.42. The molecule has 2 amide bonds. The third kappa shape index (κ3) is 4.23. The molecule has 0 saturated carbocycles. The maximum atomic E-state index is 12.9. The summed E-state index contributed by atoms with van der Waals surface area (Å²) < 4.78 is 21.7. The van der Waals surface area contributed by atoms with Crippen LogP contribution in [0.1, 0.15) is 24.9 Å². The number of ether oxygens (including phenoxy) is 4. The lowest BCUT2D eigenvalue weighted by Gasteiger charge is -2.22. The van der Waals surface area contributed by atoms with Gasteiger partial charge in [0.2, 0.25) is 11.8 Å². The highest BCUT2D eigenvalue weighted by atomic mass is 16.6. The zero-order valence-corrected chi connectivity index (χ0v) is 17.8. The van der Waals surface area contributed by atoms with Gasteiger partial charge in [0.1, 0.15) is 13.2 Å². The summed E-state index contributed by atoms with van der Waals surface area (Å²) in [5.74, 6) is 1.83. The molecule has 0 spiro atoms. The Morgan fingerprint density at radius 3 is 2.55 bits per heavy atom. The van der Waals surface area contributed by atoms with Crippen LogP contribution in [0.5, 0.6) is 23.0 Å². The first-order valence-electron chi connectivity index (χ1n) is 10.2. The van der Waals surface area contributed by atoms with Gasteiger partial charge in [-0.05, 0) is 36.8 Å². The number of hydrogen-bond acceptors (Lipinski definition) is 6. The summed E-state index contributed by atoms with van der Waals surface area (Å²) in [5.41, 5.74) is 1.59. The Morgan fingerprint density at radius 1 is 1.06 bits per heavy atom. The van der Waals surface area contributed by atoms with Gasteiger partial charge in [0, 0.05) is 24.7 Å². The third-order valence-corrected chi connectivity index (χ3v) is 5.60. The van der Waals surface area contributed by atoms with E-state index in [0.717, 1.165) is 5.56 Å². The van der Waals surface area contributed by atoms with Crippen molar-refractivity contribution in [3.05, 3.63) is 42.0 Å². The minimum Gasteiger partial charge on any atom is -0.493 e. The second-order valence-corrected chi connectivity index (χ2v) is 7.58. The summed E-state index contributed by atoms with van der Waals surface area (Å²) in [5, 5.41) is 3.02. The molecule has 2 atom stereocenters. The molecule has 2 aromatic rings. The fourth-order valence-electron chi connectivity index (χ4n) is 3.87. The smallest absolute Gasteiger partial charge is 0.227 e. The van der Waals surface area contributed by atoms with Gasteiger partial charge in [0.15, 0.2) is 23.0 Å². The number of fused-ring (bicyclic) bond motifs is 1. The van der Waals surface area contributed by atoms with Crippen LogP contribution < -0.4 is 29.2 Å². The lowest BCUT2D eigenvalue weighted by molar-refractivity contribution is -0.126. The molecule has 8 heteroatoms. The van der Waals surface area contributed by atoms with Crippen molar-refractivity contribution in [1.82, 2.24) is 5.32 Å². The first-order chi connectivity index (χ1) is 15.0. The van der Waals surface area contributed by atoms with Gasteiger partial charge in [-0.3, -0.25) is 9.59 Å². The molecule has 31 heavy (non-hydrogen) atoms. The number of nitrogens with zero attached hydrogens (tertiary/aromatic N) is 1. The highest BCUT2D eigenvalue weighted by molar-refractivity contribution is 6.00. The zero-order chi connectivity index (χ0) is 22.0. The standard InChI is InChI=1S/C23H26N2O6/c1-14(15-4-6-19-21(10-15)31-9-8-30-19)24-23(27)16-11-22(26)25(13-16)17-5-7-18(28-2)20(12-17)29-3/h4-7,10,12,14,16H,8-9,11,13H2,1-3H3,(H,24,27). The van der Waals surface area contributed by atoms with Gasteiger partial charge in [0.25, 0.3) is 0 Å². The number of rotatable bonds is 6. The molecule has 2 heterocycles. The van der Waals surface area contributed by atoms with Gasteiger partial charge in [-0.1, -0.05) is 6.07 Å². The van der Waals surface area contributed by atoms with E-state index in [2.05, 4.69) is 5.32 Å². The van der Waals surface area contributed by atoms with E-state index < -0.39 is 5.92 Å². The van der Waals surface area contributed by atoms with Gasteiger partial charge < -0.3 is 29.2 Å². The van der Waals surface area contributed by atoms with Gasteiger partial charge >= 0.3 is 0 Å². The van der Waals surface area contributed by atoms with Crippen molar-refractivity contribution < 1.29 is 28.5 Å². The molecule has 4 rings (SSSR count). The summed E-state index contributed by atoms with van der Waals surface area (Å²) >= 11 is 0. The van der Waals surface area contributed by atoms with Crippen molar-refractivity contribution in [3.63, 3.8) is 0 Å². The fourth-order valence-corrected chi connectivity index (χ4v) is 3.87. The zero-order valence-electron chi connectivity index (χ0n) is 17.8. The molecular weight excluding hydrogens is 400 g/mol. The minimum atomic E-state index is -0.430. The van der Waals surface area contributed by atoms with Gasteiger partial charge in [-0.25, -0.2) is 0 Å². The van der Waals surface area contributed by atoms with E-state index >= 15 is 0 Å². The molecule has 2 aliphatic rings. The van der Waals surface area contributed by atoms with Crippen LogP contribution in [0.2, 0.25) is 0 Å². The second kappa shape index (κ2) is 8.75. The molecule has 2 unspecified atom stereocenters.